The summed E-state index contributed by atoms with van der Waals surface area (Å²) < 4.78 is 13.5. The first-order chi connectivity index (χ1) is 9.29. The van der Waals surface area contributed by atoms with Gasteiger partial charge in [-0.25, -0.2) is 4.39 Å². The average Bonchev–Trinajstić information content (AvgIpc) is 2.30. The Morgan fingerprint density at radius 3 is 2.55 bits per heavy atom. The molecule has 0 bridgehead atoms. The van der Waals surface area contributed by atoms with Gasteiger partial charge in [0.25, 0.3) is 5.91 Å². The van der Waals surface area contributed by atoms with Crippen LogP contribution in [0.2, 0.25) is 0 Å². The van der Waals surface area contributed by atoms with Crippen molar-refractivity contribution < 1.29 is 9.18 Å². The number of carbonyl (C=O) groups is 1. The van der Waals surface area contributed by atoms with Gasteiger partial charge in [-0.1, -0.05) is 13.8 Å². The molecule has 0 saturated carbocycles. The van der Waals surface area contributed by atoms with Crippen molar-refractivity contribution in [3.8, 4) is 0 Å². The molecule has 0 aromatic heterocycles. The summed E-state index contributed by atoms with van der Waals surface area (Å²) in [6.07, 6.45) is 0.909. The van der Waals surface area contributed by atoms with Crippen LogP contribution in [0.5, 0.6) is 0 Å². The lowest BCUT2D eigenvalue weighted by molar-refractivity contribution is 0.0924. The van der Waals surface area contributed by atoms with Crippen LogP contribution in [0.4, 0.5) is 4.39 Å². The molecule has 1 aromatic carbocycles. The number of nitrogens with one attached hydrogen (secondary N) is 1. The Bertz CT molecular complexity index is 453. The Balaban J connectivity index is 2.76. The predicted octanol–water partition coefficient (Wildman–Crippen LogP) is 3.29. The number of carbonyl (C=O) groups excluding carboxylic acids is 1. The first-order valence-corrected chi connectivity index (χ1v) is 7.49. The maximum absolute atomic E-state index is 13.2. The van der Waals surface area contributed by atoms with E-state index in [4.69, 9.17) is 0 Å². The fraction of sp³-hybridized carbons (Fsp3) is 0.533. The molecule has 0 saturated heterocycles. The van der Waals surface area contributed by atoms with E-state index >= 15 is 0 Å². The highest BCUT2D eigenvalue weighted by Crippen LogP contribution is 2.17. The van der Waals surface area contributed by atoms with E-state index in [1.54, 1.807) is 0 Å². The molecule has 1 amide bonds. The Hall–Kier alpha value is -0.940. The summed E-state index contributed by atoms with van der Waals surface area (Å²) in [4.78, 5) is 14.3. The fourth-order valence-electron chi connectivity index (χ4n) is 2.10. The Kier molecular flexibility index (Phi) is 6.62. The van der Waals surface area contributed by atoms with Crippen LogP contribution >= 0.6 is 15.9 Å². The van der Waals surface area contributed by atoms with Gasteiger partial charge in [0.2, 0.25) is 0 Å². The topological polar surface area (TPSA) is 32.3 Å². The molecule has 1 unspecified atom stereocenters. The van der Waals surface area contributed by atoms with Crippen LogP contribution in [-0.4, -0.2) is 37.5 Å². The number of benzene rings is 1. The van der Waals surface area contributed by atoms with Gasteiger partial charge in [0.1, 0.15) is 5.82 Å². The van der Waals surface area contributed by atoms with E-state index in [-0.39, 0.29) is 17.8 Å². The van der Waals surface area contributed by atoms with Crippen LogP contribution in [-0.2, 0) is 0 Å². The van der Waals surface area contributed by atoms with Crippen molar-refractivity contribution in [2.45, 2.75) is 26.3 Å². The van der Waals surface area contributed by atoms with Gasteiger partial charge in [-0.05, 0) is 60.6 Å². The van der Waals surface area contributed by atoms with Crippen molar-refractivity contribution in [3.05, 3.63) is 34.1 Å². The second-order valence-electron chi connectivity index (χ2n) is 5.69. The van der Waals surface area contributed by atoms with E-state index in [9.17, 15) is 9.18 Å². The molecule has 20 heavy (non-hydrogen) atoms. The highest BCUT2D eigenvalue weighted by atomic mass is 79.9. The minimum absolute atomic E-state index is 0.0846. The minimum atomic E-state index is -0.367. The van der Waals surface area contributed by atoms with Crippen molar-refractivity contribution in [3.63, 3.8) is 0 Å². The summed E-state index contributed by atoms with van der Waals surface area (Å²) >= 11 is 3.10. The smallest absolute Gasteiger partial charge is 0.251 e. The zero-order valence-corrected chi connectivity index (χ0v) is 14.0. The predicted molar refractivity (Wildman–Crippen MR) is 83.4 cm³/mol. The highest BCUT2D eigenvalue weighted by Gasteiger charge is 2.16. The molecule has 1 atom stereocenters. The van der Waals surface area contributed by atoms with Gasteiger partial charge in [-0.15, -0.1) is 0 Å². The monoisotopic (exact) mass is 344 g/mol. The van der Waals surface area contributed by atoms with E-state index in [0.29, 0.717) is 16.0 Å². The summed E-state index contributed by atoms with van der Waals surface area (Å²) in [6.45, 7) is 5.04. The van der Waals surface area contributed by atoms with Crippen LogP contribution in [0.3, 0.4) is 0 Å². The number of halogens is 2. The minimum Gasteiger partial charge on any atom is -0.348 e. The molecule has 0 aliphatic carbocycles. The SMILES string of the molecule is CC(C)CC(CN(C)C)NC(=O)c1ccc(F)c(Br)c1. The van der Waals surface area contributed by atoms with Gasteiger partial charge in [-0.2, -0.15) is 0 Å². The van der Waals surface area contributed by atoms with Gasteiger partial charge in [0.15, 0.2) is 0 Å². The third-order valence-corrected chi connectivity index (χ3v) is 3.47. The van der Waals surface area contributed by atoms with Crippen molar-refractivity contribution in [1.82, 2.24) is 10.2 Å². The number of nitrogens with zero attached hydrogens (tertiary/aromatic N) is 1. The lowest BCUT2D eigenvalue weighted by atomic mass is 10.0. The first-order valence-electron chi connectivity index (χ1n) is 6.70. The largest absolute Gasteiger partial charge is 0.348 e. The van der Waals surface area contributed by atoms with Crippen molar-refractivity contribution >= 4 is 21.8 Å². The van der Waals surface area contributed by atoms with Gasteiger partial charge in [-0.3, -0.25) is 4.79 Å². The van der Waals surface area contributed by atoms with Gasteiger partial charge in [0, 0.05) is 18.2 Å². The van der Waals surface area contributed by atoms with Crippen LogP contribution in [0.25, 0.3) is 0 Å². The number of hydrogen-bond donors (Lipinski definition) is 1. The highest BCUT2D eigenvalue weighted by molar-refractivity contribution is 9.10. The van der Waals surface area contributed by atoms with Crippen LogP contribution in [0, 0.1) is 11.7 Å². The Morgan fingerprint density at radius 2 is 2.05 bits per heavy atom. The lowest BCUT2D eigenvalue weighted by Crippen LogP contribution is -2.42. The van der Waals surface area contributed by atoms with Crippen molar-refractivity contribution in [1.29, 1.82) is 0 Å². The number of hydrogen-bond acceptors (Lipinski definition) is 2. The van der Waals surface area contributed by atoms with E-state index in [0.717, 1.165) is 13.0 Å². The van der Waals surface area contributed by atoms with E-state index in [2.05, 4.69) is 35.1 Å². The number of likely N-dealkylation sites (N-methyl/N-ethyl adjacent to an activating group) is 1. The molecule has 112 valence electrons. The summed E-state index contributed by atoms with van der Waals surface area (Å²) in [5.41, 5.74) is 0.464. The third-order valence-electron chi connectivity index (χ3n) is 2.86. The van der Waals surface area contributed by atoms with E-state index < -0.39 is 0 Å². The van der Waals surface area contributed by atoms with Crippen LogP contribution < -0.4 is 5.32 Å². The molecule has 0 radical (unpaired) electrons. The molecule has 3 nitrogen and oxygen atoms in total. The summed E-state index contributed by atoms with van der Waals surface area (Å²) in [5, 5.41) is 3.02. The second-order valence-corrected chi connectivity index (χ2v) is 6.55. The second kappa shape index (κ2) is 7.74. The molecular weight excluding hydrogens is 323 g/mol. The average molecular weight is 345 g/mol. The number of amides is 1. The molecular formula is C15H22BrFN2O. The lowest BCUT2D eigenvalue weighted by Gasteiger charge is -2.24. The Labute approximate surface area is 128 Å². The van der Waals surface area contributed by atoms with Crippen LogP contribution in [0.15, 0.2) is 22.7 Å². The molecule has 0 aliphatic heterocycles. The maximum Gasteiger partial charge on any atom is 0.251 e. The summed E-state index contributed by atoms with van der Waals surface area (Å²) in [6, 6.07) is 4.38. The normalized spacial score (nSPS) is 12.8. The van der Waals surface area contributed by atoms with Crippen LogP contribution in [0.1, 0.15) is 30.6 Å². The zero-order chi connectivity index (χ0) is 15.3. The molecule has 1 aromatic rings. The standard InChI is InChI=1S/C15H22BrFN2O/c1-10(2)7-12(9-19(3)4)18-15(20)11-5-6-14(17)13(16)8-11/h5-6,8,10,12H,7,9H2,1-4H3,(H,18,20). The molecule has 1 N–H and O–H groups in total. The third kappa shape index (κ3) is 5.59. The van der Waals surface area contributed by atoms with E-state index in [1.807, 2.05) is 19.0 Å². The van der Waals surface area contributed by atoms with Crippen molar-refractivity contribution in [2.75, 3.05) is 20.6 Å². The first kappa shape index (κ1) is 17.1. The molecule has 5 heteroatoms. The van der Waals surface area contributed by atoms with Crippen molar-refractivity contribution in [2.24, 2.45) is 5.92 Å². The number of rotatable bonds is 6. The fourth-order valence-corrected chi connectivity index (χ4v) is 2.47. The molecule has 1 rings (SSSR count). The van der Waals surface area contributed by atoms with E-state index in [1.165, 1.54) is 18.2 Å². The Morgan fingerprint density at radius 1 is 1.40 bits per heavy atom. The summed E-state index contributed by atoms with van der Waals surface area (Å²) in [5.74, 6) is -0.0352. The molecule has 0 heterocycles. The zero-order valence-electron chi connectivity index (χ0n) is 12.4. The molecule has 0 fully saturated rings. The molecule has 0 spiro atoms. The van der Waals surface area contributed by atoms with Gasteiger partial charge in [0.05, 0.1) is 4.47 Å². The van der Waals surface area contributed by atoms with Gasteiger partial charge < -0.3 is 10.2 Å². The maximum atomic E-state index is 13.2. The quantitative estimate of drug-likeness (QED) is 0.858. The summed E-state index contributed by atoms with van der Waals surface area (Å²) in [7, 11) is 3.96. The van der Waals surface area contributed by atoms with Gasteiger partial charge >= 0.3 is 0 Å². The molecule has 0 aliphatic rings.